The molecule has 1 aromatic rings. The monoisotopic (exact) mass is 275 g/mol. The minimum Gasteiger partial charge on any atom is -0.467 e. The van der Waals surface area contributed by atoms with Crippen LogP contribution in [0.1, 0.15) is 24.6 Å². The molecule has 0 radical (unpaired) electrons. The van der Waals surface area contributed by atoms with Gasteiger partial charge in [-0.15, -0.1) is 5.54 Å². The summed E-state index contributed by atoms with van der Waals surface area (Å²) >= 11 is 0. The lowest BCUT2D eigenvalue weighted by Gasteiger charge is -2.30. The van der Waals surface area contributed by atoms with Crippen molar-refractivity contribution in [1.82, 2.24) is 4.90 Å². The minimum absolute atomic E-state index is 0.00479. The summed E-state index contributed by atoms with van der Waals surface area (Å²) < 4.78 is 5.53. The molecule has 1 saturated heterocycles. The number of hydrogen-bond donors (Lipinski definition) is 0. The van der Waals surface area contributed by atoms with E-state index >= 15 is 0 Å². The van der Waals surface area contributed by atoms with Crippen molar-refractivity contribution in [1.29, 1.82) is 0 Å². The number of hydrogen-bond acceptors (Lipinski definition) is 3. The molecule has 4 heteroatoms. The molecule has 1 aliphatic heterocycles. The number of ketones is 1. The lowest BCUT2D eigenvalue weighted by atomic mass is 10.1. The van der Waals surface area contributed by atoms with Crippen molar-refractivity contribution in [2.75, 3.05) is 13.1 Å². The van der Waals surface area contributed by atoms with Crippen molar-refractivity contribution in [2.24, 2.45) is 0 Å². The summed E-state index contributed by atoms with van der Waals surface area (Å²) in [6.07, 6.45) is 2.95. The summed E-state index contributed by atoms with van der Waals surface area (Å²) in [5.74, 6) is 4.62. The lowest BCUT2D eigenvalue weighted by Crippen LogP contribution is -2.36. The lowest BCUT2D eigenvalue weighted by molar-refractivity contribution is -0.121. The molecular weight excluding hydrogens is 254 g/mol. The fourth-order valence-corrected chi connectivity index (χ4v) is 2.68. The molecule has 102 valence electrons. The summed E-state index contributed by atoms with van der Waals surface area (Å²) in [6, 6.07) is 3.86. The van der Waals surface area contributed by atoms with E-state index in [1.807, 2.05) is 12.1 Å². The van der Waals surface area contributed by atoms with Gasteiger partial charge >= 0.3 is 0 Å². The highest BCUT2D eigenvalue weighted by molar-refractivity contribution is 6.83. The Morgan fingerprint density at radius 3 is 2.53 bits per heavy atom. The Labute approximate surface area is 116 Å². The van der Waals surface area contributed by atoms with Gasteiger partial charge < -0.3 is 4.42 Å². The molecule has 0 aliphatic carbocycles. The summed E-state index contributed by atoms with van der Waals surface area (Å²) in [6.45, 7) is 8.27. The van der Waals surface area contributed by atoms with E-state index in [1.54, 1.807) is 6.26 Å². The third-order valence-corrected chi connectivity index (χ3v) is 4.01. The van der Waals surface area contributed by atoms with Crippen LogP contribution in [0.25, 0.3) is 0 Å². The summed E-state index contributed by atoms with van der Waals surface area (Å²) in [5, 5.41) is 0. The normalized spacial score (nSPS) is 18.8. The van der Waals surface area contributed by atoms with Gasteiger partial charge in [-0.1, -0.05) is 25.6 Å². The van der Waals surface area contributed by atoms with Crippen LogP contribution in [-0.4, -0.2) is 31.8 Å². The molecule has 3 nitrogen and oxygen atoms in total. The number of furan rings is 1. The van der Waals surface area contributed by atoms with Crippen LogP contribution in [-0.2, 0) is 4.79 Å². The number of piperidine rings is 1. The molecule has 0 amide bonds. The summed E-state index contributed by atoms with van der Waals surface area (Å²) in [4.78, 5) is 13.6. The van der Waals surface area contributed by atoms with E-state index in [0.717, 1.165) is 18.8 Å². The third-order valence-electron chi connectivity index (χ3n) is 3.12. The first-order valence-electron chi connectivity index (χ1n) is 6.77. The van der Waals surface area contributed by atoms with Crippen LogP contribution in [0.4, 0.5) is 0 Å². The molecule has 2 heterocycles. The molecule has 1 fully saturated rings. The van der Waals surface area contributed by atoms with Gasteiger partial charge in [-0.05, 0) is 12.1 Å². The molecular formula is C15H21NO2Si. The van der Waals surface area contributed by atoms with Crippen LogP contribution in [0.5, 0.6) is 0 Å². The molecule has 0 aromatic carbocycles. The van der Waals surface area contributed by atoms with Gasteiger partial charge in [-0.25, -0.2) is 0 Å². The van der Waals surface area contributed by atoms with E-state index < -0.39 is 8.07 Å². The number of rotatable bonds is 2. The molecule has 0 saturated carbocycles. The quantitative estimate of drug-likeness (QED) is 0.615. The van der Waals surface area contributed by atoms with Crippen LogP contribution in [0.2, 0.25) is 19.6 Å². The molecule has 0 unspecified atom stereocenters. The van der Waals surface area contributed by atoms with Gasteiger partial charge in [-0.2, -0.15) is 0 Å². The molecule has 0 spiro atoms. The number of carbonyl (C=O) groups excluding carboxylic acids is 1. The average molecular weight is 275 g/mol. The average Bonchev–Trinajstić information content (AvgIpc) is 2.84. The maximum absolute atomic E-state index is 11.4. The highest BCUT2D eigenvalue weighted by Crippen LogP contribution is 2.23. The van der Waals surface area contributed by atoms with E-state index in [-0.39, 0.29) is 6.04 Å². The fraction of sp³-hybridized carbons (Fsp3) is 0.533. The summed E-state index contributed by atoms with van der Waals surface area (Å²) in [7, 11) is -1.41. The SMILES string of the molecule is C[Si](C)(C)C#C[C@H](c1ccco1)N1CCC(=O)CC1. The Hall–Kier alpha value is -1.31. The van der Waals surface area contributed by atoms with Gasteiger partial charge in [0.15, 0.2) is 0 Å². The highest BCUT2D eigenvalue weighted by Gasteiger charge is 2.25. The molecule has 0 N–H and O–H groups in total. The first-order chi connectivity index (χ1) is 8.96. The van der Waals surface area contributed by atoms with Gasteiger partial charge in [0.05, 0.1) is 6.26 Å². The van der Waals surface area contributed by atoms with Crippen molar-refractivity contribution in [3.63, 3.8) is 0 Å². The van der Waals surface area contributed by atoms with Crippen molar-refractivity contribution in [3.8, 4) is 11.5 Å². The molecule has 0 bridgehead atoms. The van der Waals surface area contributed by atoms with Crippen LogP contribution in [0.15, 0.2) is 22.8 Å². The van der Waals surface area contributed by atoms with Gasteiger partial charge in [0, 0.05) is 25.9 Å². The second-order valence-electron chi connectivity index (χ2n) is 6.01. The smallest absolute Gasteiger partial charge is 0.135 e. The molecule has 1 atom stereocenters. The van der Waals surface area contributed by atoms with Gasteiger partial charge in [0.2, 0.25) is 0 Å². The first-order valence-corrected chi connectivity index (χ1v) is 10.3. The van der Waals surface area contributed by atoms with Crippen molar-refractivity contribution < 1.29 is 9.21 Å². The maximum atomic E-state index is 11.4. The molecule has 1 aromatic heterocycles. The second-order valence-corrected chi connectivity index (χ2v) is 10.8. The van der Waals surface area contributed by atoms with E-state index in [1.165, 1.54) is 0 Å². The predicted molar refractivity (Wildman–Crippen MR) is 78.4 cm³/mol. The van der Waals surface area contributed by atoms with Crippen LogP contribution < -0.4 is 0 Å². The Morgan fingerprint density at radius 2 is 2.00 bits per heavy atom. The Balaban J connectivity index is 2.19. The number of carbonyl (C=O) groups is 1. The Morgan fingerprint density at radius 1 is 1.32 bits per heavy atom. The topological polar surface area (TPSA) is 33.5 Å². The zero-order chi connectivity index (χ0) is 13.9. The van der Waals surface area contributed by atoms with E-state index in [9.17, 15) is 4.79 Å². The van der Waals surface area contributed by atoms with Crippen LogP contribution in [0, 0.1) is 11.5 Å². The number of Topliss-reactive ketones (excluding diaryl/α,β-unsaturated/α-hetero) is 1. The number of nitrogens with zero attached hydrogens (tertiary/aromatic N) is 1. The van der Waals surface area contributed by atoms with Gasteiger partial charge in [0.1, 0.15) is 25.7 Å². The highest BCUT2D eigenvalue weighted by atomic mass is 28.3. The zero-order valence-corrected chi connectivity index (χ0v) is 12.9. The Kier molecular flexibility index (Phi) is 4.28. The van der Waals surface area contributed by atoms with Crippen molar-refractivity contribution in [2.45, 2.75) is 38.5 Å². The molecule has 1 aliphatic rings. The van der Waals surface area contributed by atoms with Crippen LogP contribution in [0.3, 0.4) is 0 Å². The van der Waals surface area contributed by atoms with E-state index in [2.05, 4.69) is 36.0 Å². The molecule has 2 rings (SSSR count). The van der Waals surface area contributed by atoms with Gasteiger partial charge in [0.25, 0.3) is 0 Å². The van der Waals surface area contributed by atoms with Gasteiger partial charge in [-0.3, -0.25) is 9.69 Å². The largest absolute Gasteiger partial charge is 0.467 e. The third kappa shape index (κ3) is 4.08. The zero-order valence-electron chi connectivity index (χ0n) is 11.9. The minimum atomic E-state index is -1.41. The maximum Gasteiger partial charge on any atom is 0.135 e. The second kappa shape index (κ2) is 5.77. The fourth-order valence-electron chi connectivity index (χ4n) is 2.11. The molecule has 19 heavy (non-hydrogen) atoms. The first kappa shape index (κ1) is 14.1. The van der Waals surface area contributed by atoms with Crippen molar-refractivity contribution >= 4 is 13.9 Å². The Bertz CT molecular complexity index is 480. The number of likely N-dealkylation sites (tertiary alicyclic amines) is 1. The predicted octanol–water partition coefficient (Wildman–Crippen LogP) is 2.87. The summed E-state index contributed by atoms with van der Waals surface area (Å²) in [5.41, 5.74) is 3.42. The standard InChI is InChI=1S/C15H21NO2Si/c1-19(2,3)12-8-14(15-5-4-11-18-15)16-9-6-13(17)7-10-16/h4-5,11,14H,6-7,9-10H2,1-3H3/t14-/m1/s1. The van der Waals surface area contributed by atoms with E-state index in [0.29, 0.717) is 18.6 Å². The van der Waals surface area contributed by atoms with E-state index in [4.69, 9.17) is 4.42 Å². The van der Waals surface area contributed by atoms with Crippen molar-refractivity contribution in [3.05, 3.63) is 24.2 Å². The van der Waals surface area contributed by atoms with Crippen LogP contribution >= 0.6 is 0 Å².